The second-order valence-corrected chi connectivity index (χ2v) is 5.81. The van der Waals surface area contributed by atoms with E-state index in [1.54, 1.807) is 0 Å². The molecule has 1 aromatic heterocycles. The molecule has 0 saturated carbocycles. The van der Waals surface area contributed by atoms with Gasteiger partial charge in [-0.15, -0.1) is 0 Å². The number of aromatic nitrogens is 2. The minimum absolute atomic E-state index is 0.0602. The van der Waals surface area contributed by atoms with Crippen molar-refractivity contribution in [2.75, 3.05) is 5.73 Å². The normalized spacial score (nSPS) is 13.9. The van der Waals surface area contributed by atoms with E-state index in [1.165, 1.54) is 30.1 Å². The predicted octanol–water partition coefficient (Wildman–Crippen LogP) is 2.60. The summed E-state index contributed by atoms with van der Waals surface area (Å²) in [6.07, 6.45) is -2.34. The number of nitrogens with two attached hydrogens (primary N) is 1. The molecule has 0 spiro atoms. The number of alkyl halides is 3. The van der Waals surface area contributed by atoms with Crippen LogP contribution in [-0.2, 0) is 23.9 Å². The summed E-state index contributed by atoms with van der Waals surface area (Å²) in [6.45, 7) is 7.87. The number of nitrogens with zero attached hydrogens (tertiary/aromatic N) is 3. The lowest BCUT2D eigenvalue weighted by molar-refractivity contribution is -0.138. The molecule has 25 heavy (non-hydrogen) atoms. The molecular weight excluding hydrogens is 337 g/mol. The first kappa shape index (κ1) is 18.5. The number of hydrogen-bond acceptors (Lipinski definition) is 4. The molecule has 0 saturated heterocycles. The minimum atomic E-state index is -4.70. The Morgan fingerprint density at radius 3 is 2.64 bits per heavy atom. The highest BCUT2D eigenvalue weighted by atomic mass is 19.4. The molecule has 2 rings (SSSR count). The van der Waals surface area contributed by atoms with Gasteiger partial charge in [-0.25, -0.2) is 4.85 Å². The van der Waals surface area contributed by atoms with Gasteiger partial charge in [0, 0.05) is 12.6 Å². The van der Waals surface area contributed by atoms with Crippen molar-refractivity contribution in [3.05, 3.63) is 53.1 Å². The summed E-state index contributed by atoms with van der Waals surface area (Å²) in [6, 6.07) is 3.04. The minimum Gasteiger partial charge on any atom is -0.396 e. The monoisotopic (exact) mass is 352 g/mol. The van der Waals surface area contributed by atoms with Gasteiger partial charge in [-0.3, -0.25) is 9.48 Å². The lowest BCUT2D eigenvalue weighted by Crippen LogP contribution is -2.40. The summed E-state index contributed by atoms with van der Waals surface area (Å²) in [4.78, 5) is 15.1. The molecule has 1 heterocycles. The zero-order valence-corrected chi connectivity index (χ0v) is 13.2. The molecule has 1 aromatic carbocycles. The Balaban J connectivity index is 2.21. The van der Waals surface area contributed by atoms with Gasteiger partial charge in [0.15, 0.2) is 11.5 Å². The maximum Gasteiger partial charge on any atom is 0.407 e. The number of aliphatic hydroxyl groups is 1. The number of nitrogen functional groups attached to an aromatic ring is 1. The molecule has 6 nitrogen and oxygen atoms in total. The van der Waals surface area contributed by atoms with E-state index in [0.29, 0.717) is 5.69 Å². The number of ketones is 1. The Bertz CT molecular complexity index is 835. The predicted molar refractivity (Wildman–Crippen MR) is 83.7 cm³/mol. The second kappa shape index (κ2) is 6.57. The molecule has 2 aromatic rings. The van der Waals surface area contributed by atoms with Gasteiger partial charge in [-0.05, 0) is 12.5 Å². The first-order chi connectivity index (χ1) is 11.5. The highest BCUT2D eigenvalue weighted by molar-refractivity contribution is 5.88. The van der Waals surface area contributed by atoms with E-state index >= 15 is 0 Å². The van der Waals surface area contributed by atoms with Crippen molar-refractivity contribution in [3.63, 3.8) is 0 Å². The van der Waals surface area contributed by atoms with Crippen molar-refractivity contribution in [3.8, 4) is 0 Å². The van der Waals surface area contributed by atoms with Gasteiger partial charge >= 0.3 is 6.18 Å². The molecule has 0 radical (unpaired) electrons. The average Bonchev–Trinajstić information content (AvgIpc) is 2.90. The molecule has 0 aliphatic carbocycles. The molecule has 0 fully saturated rings. The van der Waals surface area contributed by atoms with E-state index in [0.717, 1.165) is 12.1 Å². The maximum absolute atomic E-state index is 13.0. The van der Waals surface area contributed by atoms with E-state index in [1.807, 2.05) is 0 Å². The number of anilines is 1. The molecule has 9 heteroatoms. The van der Waals surface area contributed by atoms with Gasteiger partial charge in [0.25, 0.3) is 0 Å². The molecule has 0 aliphatic rings. The van der Waals surface area contributed by atoms with Gasteiger partial charge < -0.3 is 10.8 Å². The van der Waals surface area contributed by atoms with Crippen molar-refractivity contribution in [2.24, 2.45) is 0 Å². The summed E-state index contributed by atoms with van der Waals surface area (Å²) in [5.74, 6) is -0.676. The number of hydrogen-bond donors (Lipinski definition) is 2. The second-order valence-electron chi connectivity index (χ2n) is 5.81. The van der Waals surface area contributed by atoms with Crippen LogP contribution in [-0.4, -0.2) is 26.3 Å². The van der Waals surface area contributed by atoms with Crippen LogP contribution in [0.15, 0.2) is 30.6 Å². The van der Waals surface area contributed by atoms with Crippen LogP contribution in [0.2, 0.25) is 0 Å². The van der Waals surface area contributed by atoms with E-state index in [9.17, 15) is 23.1 Å². The SMILES string of the molecule is [C-]#[N+]c1ccc(CC(=O)[C@@](C)(O)Cn2cc(N)cn2)cc1C(F)(F)F. The van der Waals surface area contributed by atoms with Gasteiger partial charge in [-0.2, -0.15) is 18.3 Å². The van der Waals surface area contributed by atoms with Crippen LogP contribution in [0.25, 0.3) is 4.85 Å². The number of benzene rings is 1. The standard InChI is InChI=1S/C16H15F3N4O2/c1-15(25,9-23-8-11(20)7-22-23)14(24)6-10-3-4-13(21-2)12(5-10)16(17,18)19/h3-5,7-8,25H,6,9,20H2,1H3/t15-/m0/s1. The molecule has 0 unspecified atom stereocenters. The number of Topliss-reactive ketones (excluding diaryl/α,β-unsaturated/α-hetero) is 1. The Kier molecular flexibility index (Phi) is 4.85. The summed E-state index contributed by atoms with van der Waals surface area (Å²) in [5.41, 5.74) is 2.43. The first-order valence-electron chi connectivity index (χ1n) is 7.14. The van der Waals surface area contributed by atoms with Crippen molar-refractivity contribution in [1.82, 2.24) is 9.78 Å². The molecule has 0 aliphatic heterocycles. The molecular formula is C16H15F3N4O2. The highest BCUT2D eigenvalue weighted by Crippen LogP contribution is 2.37. The smallest absolute Gasteiger partial charge is 0.396 e. The van der Waals surface area contributed by atoms with Crippen LogP contribution in [0, 0.1) is 6.57 Å². The van der Waals surface area contributed by atoms with E-state index in [-0.39, 0.29) is 12.1 Å². The Morgan fingerprint density at radius 1 is 1.44 bits per heavy atom. The summed E-state index contributed by atoms with van der Waals surface area (Å²) < 4.78 is 40.2. The number of carbonyl (C=O) groups excluding carboxylic acids is 1. The van der Waals surface area contributed by atoms with Crippen LogP contribution in [0.1, 0.15) is 18.1 Å². The van der Waals surface area contributed by atoms with Crippen LogP contribution in [0.4, 0.5) is 24.5 Å². The third kappa shape index (κ3) is 4.36. The number of halogens is 3. The lowest BCUT2D eigenvalue weighted by atomic mass is 9.94. The third-order valence-electron chi connectivity index (χ3n) is 3.58. The highest BCUT2D eigenvalue weighted by Gasteiger charge is 2.35. The van der Waals surface area contributed by atoms with Crippen LogP contribution >= 0.6 is 0 Å². The molecule has 0 amide bonds. The first-order valence-corrected chi connectivity index (χ1v) is 7.14. The molecule has 3 N–H and O–H groups in total. The van der Waals surface area contributed by atoms with Crippen molar-refractivity contribution in [1.29, 1.82) is 0 Å². The zero-order chi connectivity index (χ0) is 18.8. The van der Waals surface area contributed by atoms with Gasteiger partial charge in [-0.1, -0.05) is 18.2 Å². The maximum atomic E-state index is 13.0. The van der Waals surface area contributed by atoms with Gasteiger partial charge in [0.1, 0.15) is 5.60 Å². The van der Waals surface area contributed by atoms with E-state index < -0.39 is 35.2 Å². The topological polar surface area (TPSA) is 85.5 Å². The summed E-state index contributed by atoms with van der Waals surface area (Å²) in [5, 5.41) is 14.2. The third-order valence-corrected chi connectivity index (χ3v) is 3.58. The van der Waals surface area contributed by atoms with Crippen LogP contribution in [0.3, 0.4) is 0 Å². The Labute approximate surface area is 141 Å². The van der Waals surface area contributed by atoms with Crippen molar-refractivity contribution >= 4 is 17.2 Å². The van der Waals surface area contributed by atoms with Crippen molar-refractivity contribution in [2.45, 2.75) is 31.7 Å². The average molecular weight is 352 g/mol. The largest absolute Gasteiger partial charge is 0.407 e. The van der Waals surface area contributed by atoms with Gasteiger partial charge in [0.05, 0.1) is 30.6 Å². The molecule has 0 bridgehead atoms. The Hall–Kier alpha value is -2.86. The number of rotatable bonds is 5. The fourth-order valence-corrected chi connectivity index (χ4v) is 2.26. The Morgan fingerprint density at radius 2 is 2.12 bits per heavy atom. The molecule has 1 atom stereocenters. The number of carbonyl (C=O) groups is 1. The van der Waals surface area contributed by atoms with Crippen LogP contribution in [0.5, 0.6) is 0 Å². The van der Waals surface area contributed by atoms with E-state index in [4.69, 9.17) is 12.3 Å². The van der Waals surface area contributed by atoms with Crippen molar-refractivity contribution < 1.29 is 23.1 Å². The lowest BCUT2D eigenvalue weighted by Gasteiger charge is -2.22. The fraction of sp³-hybridized carbons (Fsp3) is 0.312. The van der Waals surface area contributed by atoms with E-state index in [2.05, 4.69) is 9.94 Å². The van der Waals surface area contributed by atoms with Gasteiger partial charge in [0.2, 0.25) is 0 Å². The molecule has 132 valence electrons. The summed E-state index contributed by atoms with van der Waals surface area (Å²) in [7, 11) is 0. The summed E-state index contributed by atoms with van der Waals surface area (Å²) >= 11 is 0. The zero-order valence-electron chi connectivity index (χ0n) is 13.2. The quantitative estimate of drug-likeness (QED) is 0.810. The van der Waals surface area contributed by atoms with Crippen LogP contribution < -0.4 is 5.73 Å². The fourth-order valence-electron chi connectivity index (χ4n) is 2.26.